The summed E-state index contributed by atoms with van der Waals surface area (Å²) in [5.41, 5.74) is 0.229. The minimum absolute atomic E-state index is 0.200. The van der Waals surface area contributed by atoms with E-state index in [0.717, 1.165) is 50.9 Å². The number of carbonyl (C=O) groups is 1. The van der Waals surface area contributed by atoms with Gasteiger partial charge in [0.15, 0.2) is 11.6 Å². The van der Waals surface area contributed by atoms with Crippen molar-refractivity contribution in [2.45, 2.75) is 31.7 Å². The molecule has 1 aliphatic heterocycles. The predicted molar refractivity (Wildman–Crippen MR) is 76.0 cm³/mol. The topological polar surface area (TPSA) is 32.3 Å². The Morgan fingerprint density at radius 1 is 1.19 bits per heavy atom. The Labute approximate surface area is 123 Å². The van der Waals surface area contributed by atoms with Crippen molar-refractivity contribution in [3.63, 3.8) is 0 Å². The van der Waals surface area contributed by atoms with E-state index in [1.54, 1.807) is 4.90 Å². The zero-order chi connectivity index (χ0) is 14.8. The van der Waals surface area contributed by atoms with E-state index < -0.39 is 11.6 Å². The maximum absolute atomic E-state index is 13.3. The molecule has 1 amide bonds. The Kier molecular flexibility index (Phi) is 4.19. The molecule has 1 aromatic rings. The summed E-state index contributed by atoms with van der Waals surface area (Å²) in [6.07, 6.45) is 4.49. The lowest BCUT2D eigenvalue weighted by atomic mass is 10.1. The maximum Gasteiger partial charge on any atom is 0.254 e. The van der Waals surface area contributed by atoms with E-state index >= 15 is 0 Å². The molecule has 1 heterocycles. The Bertz CT molecular complexity index is 525. The molecule has 1 saturated heterocycles. The van der Waals surface area contributed by atoms with Gasteiger partial charge in [-0.05, 0) is 56.3 Å². The molecule has 1 atom stereocenters. The van der Waals surface area contributed by atoms with Gasteiger partial charge in [-0.15, -0.1) is 0 Å². The molecule has 3 rings (SSSR count). The van der Waals surface area contributed by atoms with Crippen LogP contribution in [0, 0.1) is 17.6 Å². The number of rotatable bonds is 5. The molecule has 1 N–H and O–H groups in total. The second kappa shape index (κ2) is 6.10. The summed E-state index contributed by atoms with van der Waals surface area (Å²) < 4.78 is 26.3. The lowest BCUT2D eigenvalue weighted by molar-refractivity contribution is 0.0733. The minimum Gasteiger partial charge on any atom is -0.337 e. The average Bonchev–Trinajstić information content (AvgIpc) is 3.14. The fraction of sp³-hybridized carbons (Fsp3) is 0.562. The van der Waals surface area contributed by atoms with E-state index in [1.807, 2.05) is 0 Å². The number of benzene rings is 1. The van der Waals surface area contributed by atoms with Crippen LogP contribution in [0.25, 0.3) is 0 Å². The van der Waals surface area contributed by atoms with Crippen LogP contribution in [0.3, 0.4) is 0 Å². The minimum atomic E-state index is -0.966. The van der Waals surface area contributed by atoms with Gasteiger partial charge in [0.1, 0.15) is 0 Å². The second-order valence-electron chi connectivity index (χ2n) is 6.08. The summed E-state index contributed by atoms with van der Waals surface area (Å²) in [4.78, 5) is 14.4. The van der Waals surface area contributed by atoms with Gasteiger partial charge < -0.3 is 10.2 Å². The van der Waals surface area contributed by atoms with Crippen LogP contribution >= 0.6 is 0 Å². The van der Waals surface area contributed by atoms with Crippen molar-refractivity contribution in [3.05, 3.63) is 35.4 Å². The number of nitrogens with zero attached hydrogens (tertiary/aromatic N) is 1. The molecule has 0 aromatic heterocycles. The number of hydrogen-bond acceptors (Lipinski definition) is 2. The van der Waals surface area contributed by atoms with Crippen LogP contribution in [0.15, 0.2) is 18.2 Å². The number of amides is 1. The first-order valence-electron chi connectivity index (χ1n) is 7.61. The van der Waals surface area contributed by atoms with Crippen LogP contribution in [0.1, 0.15) is 36.0 Å². The first-order valence-corrected chi connectivity index (χ1v) is 7.61. The van der Waals surface area contributed by atoms with E-state index in [-0.39, 0.29) is 11.5 Å². The van der Waals surface area contributed by atoms with Crippen molar-refractivity contribution in [2.24, 2.45) is 5.92 Å². The largest absolute Gasteiger partial charge is 0.337 e. The summed E-state index contributed by atoms with van der Waals surface area (Å²) in [6.45, 7) is 2.35. The van der Waals surface area contributed by atoms with Crippen molar-refractivity contribution >= 4 is 5.91 Å². The summed E-state index contributed by atoms with van der Waals surface area (Å²) in [7, 11) is 0. The zero-order valence-corrected chi connectivity index (χ0v) is 11.9. The zero-order valence-electron chi connectivity index (χ0n) is 11.9. The summed E-state index contributed by atoms with van der Waals surface area (Å²) in [5.74, 6) is -1.51. The molecule has 3 nitrogen and oxygen atoms in total. The van der Waals surface area contributed by atoms with Crippen LogP contribution < -0.4 is 5.32 Å². The number of halogens is 2. The van der Waals surface area contributed by atoms with Crippen LogP contribution in [0.5, 0.6) is 0 Å². The van der Waals surface area contributed by atoms with Crippen LogP contribution in [-0.2, 0) is 0 Å². The second-order valence-corrected chi connectivity index (χ2v) is 6.08. The molecular formula is C16H20F2N2O. The SMILES string of the molecule is O=C(c1ccc(F)c(F)c1)N(CC1CC1)CC1CCCN1. The quantitative estimate of drug-likeness (QED) is 0.905. The van der Waals surface area contributed by atoms with E-state index in [2.05, 4.69) is 5.32 Å². The molecule has 2 fully saturated rings. The highest BCUT2D eigenvalue weighted by atomic mass is 19.2. The van der Waals surface area contributed by atoms with Gasteiger partial charge in [0.2, 0.25) is 0 Å². The summed E-state index contributed by atoms with van der Waals surface area (Å²) in [6, 6.07) is 3.70. The van der Waals surface area contributed by atoms with Crippen molar-refractivity contribution in [2.75, 3.05) is 19.6 Å². The smallest absolute Gasteiger partial charge is 0.254 e. The van der Waals surface area contributed by atoms with Crippen LogP contribution in [0.4, 0.5) is 8.78 Å². The number of carbonyl (C=O) groups excluding carboxylic acids is 1. The molecule has 21 heavy (non-hydrogen) atoms. The summed E-state index contributed by atoms with van der Waals surface area (Å²) in [5, 5.41) is 3.38. The third-order valence-electron chi connectivity index (χ3n) is 4.23. The van der Waals surface area contributed by atoms with Gasteiger partial charge in [0.25, 0.3) is 5.91 Å². The molecule has 0 radical (unpaired) electrons. The van der Waals surface area contributed by atoms with Gasteiger partial charge in [0, 0.05) is 24.7 Å². The molecular weight excluding hydrogens is 274 g/mol. The molecule has 0 spiro atoms. The van der Waals surface area contributed by atoms with Gasteiger partial charge in [-0.3, -0.25) is 4.79 Å². The van der Waals surface area contributed by atoms with E-state index in [0.29, 0.717) is 18.5 Å². The normalized spacial score (nSPS) is 21.5. The molecule has 5 heteroatoms. The lowest BCUT2D eigenvalue weighted by Crippen LogP contribution is -2.42. The van der Waals surface area contributed by atoms with Crippen LogP contribution in [0.2, 0.25) is 0 Å². The van der Waals surface area contributed by atoms with Gasteiger partial charge in [-0.1, -0.05) is 0 Å². The van der Waals surface area contributed by atoms with Crippen molar-refractivity contribution in [1.82, 2.24) is 10.2 Å². The number of hydrogen-bond donors (Lipinski definition) is 1. The first kappa shape index (κ1) is 14.4. The van der Waals surface area contributed by atoms with E-state index in [9.17, 15) is 13.6 Å². The van der Waals surface area contributed by atoms with Crippen molar-refractivity contribution in [1.29, 1.82) is 0 Å². The number of nitrogens with one attached hydrogen (secondary N) is 1. The van der Waals surface area contributed by atoms with E-state index in [1.165, 1.54) is 6.07 Å². The Morgan fingerprint density at radius 3 is 2.62 bits per heavy atom. The average molecular weight is 294 g/mol. The third kappa shape index (κ3) is 3.59. The summed E-state index contributed by atoms with van der Waals surface area (Å²) >= 11 is 0. The highest BCUT2D eigenvalue weighted by Crippen LogP contribution is 2.30. The van der Waals surface area contributed by atoms with Gasteiger partial charge in [-0.2, -0.15) is 0 Å². The highest BCUT2D eigenvalue weighted by Gasteiger charge is 2.29. The first-order chi connectivity index (χ1) is 10.1. The predicted octanol–water partition coefficient (Wildman–Crippen LogP) is 2.57. The van der Waals surface area contributed by atoms with Gasteiger partial charge in [0.05, 0.1) is 0 Å². The van der Waals surface area contributed by atoms with Crippen molar-refractivity contribution < 1.29 is 13.6 Å². The maximum atomic E-state index is 13.3. The molecule has 0 bridgehead atoms. The van der Waals surface area contributed by atoms with Crippen LogP contribution in [-0.4, -0.2) is 36.5 Å². The lowest BCUT2D eigenvalue weighted by Gasteiger charge is -2.26. The fourth-order valence-electron chi connectivity index (χ4n) is 2.84. The van der Waals surface area contributed by atoms with Crippen molar-refractivity contribution in [3.8, 4) is 0 Å². The molecule has 1 unspecified atom stereocenters. The standard InChI is InChI=1S/C16H20F2N2O/c17-14-6-5-12(8-15(14)18)16(21)20(9-11-3-4-11)10-13-2-1-7-19-13/h5-6,8,11,13,19H,1-4,7,9-10H2. The van der Waals surface area contributed by atoms with E-state index in [4.69, 9.17) is 0 Å². The Morgan fingerprint density at radius 2 is 2.00 bits per heavy atom. The molecule has 1 aliphatic carbocycles. The Balaban J connectivity index is 1.73. The molecule has 1 saturated carbocycles. The molecule has 114 valence electrons. The van der Waals surface area contributed by atoms with Gasteiger partial charge >= 0.3 is 0 Å². The monoisotopic (exact) mass is 294 g/mol. The Hall–Kier alpha value is -1.49. The van der Waals surface area contributed by atoms with Gasteiger partial charge in [-0.25, -0.2) is 8.78 Å². The highest BCUT2D eigenvalue weighted by molar-refractivity contribution is 5.94. The third-order valence-corrected chi connectivity index (χ3v) is 4.23. The molecule has 1 aromatic carbocycles. The fourth-order valence-corrected chi connectivity index (χ4v) is 2.84. The molecule has 2 aliphatic rings.